The van der Waals surface area contributed by atoms with E-state index in [1.165, 1.54) is 6.33 Å². The minimum Gasteiger partial charge on any atom is -0.459 e. The highest BCUT2D eigenvalue weighted by Gasteiger charge is 2.36. The molecule has 142 valence electrons. The lowest BCUT2D eigenvalue weighted by Crippen LogP contribution is -2.31. The van der Waals surface area contributed by atoms with Crippen LogP contribution in [0.1, 0.15) is 31.4 Å². The van der Waals surface area contributed by atoms with Gasteiger partial charge in [-0.2, -0.15) is 10.1 Å². The third-order valence-electron chi connectivity index (χ3n) is 4.71. The molecule has 0 unspecified atom stereocenters. The summed E-state index contributed by atoms with van der Waals surface area (Å²) in [6, 6.07) is 4.71. The van der Waals surface area contributed by atoms with Crippen molar-refractivity contribution >= 4 is 35.1 Å². The first-order valence-electron chi connectivity index (χ1n) is 8.66. The van der Waals surface area contributed by atoms with E-state index in [0.717, 1.165) is 12.8 Å². The smallest absolute Gasteiger partial charge is 0.338 e. The minimum absolute atomic E-state index is 0.0541. The summed E-state index contributed by atoms with van der Waals surface area (Å²) in [4.78, 5) is 17.2. The van der Waals surface area contributed by atoms with Crippen LogP contribution in [0.15, 0.2) is 35.8 Å². The predicted octanol–water partition coefficient (Wildman–Crippen LogP) is 3.60. The lowest BCUT2D eigenvalue weighted by molar-refractivity contribution is -0.142. The summed E-state index contributed by atoms with van der Waals surface area (Å²) in [7, 11) is 0. The third kappa shape index (κ3) is 3.42. The number of ether oxygens (including phenoxy) is 2. The first-order chi connectivity index (χ1) is 13.1. The fourth-order valence-corrected chi connectivity index (χ4v) is 3.81. The van der Waals surface area contributed by atoms with E-state index in [0.29, 0.717) is 39.4 Å². The Hall–Kier alpha value is -2.09. The number of carbonyl (C=O) groups excluding carboxylic acids is 1. The second-order valence-electron chi connectivity index (χ2n) is 6.47. The molecular weight excluding hydrogens is 391 g/mol. The molecule has 2 aromatic rings. The van der Waals surface area contributed by atoms with Crippen molar-refractivity contribution in [2.75, 3.05) is 18.5 Å². The van der Waals surface area contributed by atoms with Crippen LogP contribution in [-0.4, -0.2) is 40.1 Å². The van der Waals surface area contributed by atoms with Crippen LogP contribution < -0.4 is 5.32 Å². The zero-order valence-corrected chi connectivity index (χ0v) is 16.1. The van der Waals surface area contributed by atoms with Gasteiger partial charge in [0.1, 0.15) is 19.0 Å². The average molecular weight is 409 g/mol. The molecular formula is C18H18Cl2N4O3. The van der Waals surface area contributed by atoms with Crippen molar-refractivity contribution < 1.29 is 14.3 Å². The molecule has 4 rings (SSSR count). The summed E-state index contributed by atoms with van der Waals surface area (Å²) >= 11 is 12.7. The van der Waals surface area contributed by atoms with Crippen LogP contribution in [0.5, 0.6) is 0 Å². The zero-order valence-electron chi connectivity index (χ0n) is 14.6. The average Bonchev–Trinajstić information content (AvgIpc) is 3.32. The number of aromatic nitrogens is 3. The Labute approximate surface area is 166 Å². The Morgan fingerprint density at radius 3 is 3.07 bits per heavy atom. The maximum Gasteiger partial charge on any atom is 0.338 e. The Kier molecular flexibility index (Phi) is 5.08. The maximum absolute atomic E-state index is 13.0. The number of rotatable bonds is 4. The SMILES string of the molecule is CC1=C(C(=O)OC[C@H]2CCCO2)[C@H](c2cccc(Cl)c2Cl)n2ncnc2N1. The van der Waals surface area contributed by atoms with Crippen LogP contribution >= 0.6 is 23.2 Å². The van der Waals surface area contributed by atoms with E-state index in [1.807, 2.05) is 6.07 Å². The lowest BCUT2D eigenvalue weighted by atomic mass is 9.95. The Morgan fingerprint density at radius 1 is 1.44 bits per heavy atom. The minimum atomic E-state index is -0.591. The van der Waals surface area contributed by atoms with Gasteiger partial charge in [-0.3, -0.25) is 0 Å². The molecule has 0 saturated carbocycles. The number of nitrogens with zero attached hydrogens (tertiary/aromatic N) is 3. The maximum atomic E-state index is 13.0. The van der Waals surface area contributed by atoms with Gasteiger partial charge in [-0.05, 0) is 25.8 Å². The molecule has 1 fully saturated rings. The van der Waals surface area contributed by atoms with Crippen molar-refractivity contribution in [3.05, 3.63) is 51.4 Å². The molecule has 0 radical (unpaired) electrons. The van der Waals surface area contributed by atoms with Crippen LogP contribution in [0.2, 0.25) is 10.0 Å². The summed E-state index contributed by atoms with van der Waals surface area (Å²) in [6.07, 6.45) is 3.23. The molecule has 0 amide bonds. The van der Waals surface area contributed by atoms with Gasteiger partial charge in [-0.15, -0.1) is 0 Å². The number of halogens is 2. The van der Waals surface area contributed by atoms with Gasteiger partial charge in [-0.1, -0.05) is 35.3 Å². The molecule has 1 N–H and O–H groups in total. The first-order valence-corrected chi connectivity index (χ1v) is 9.41. The fourth-order valence-electron chi connectivity index (χ4n) is 3.40. The molecule has 0 aliphatic carbocycles. The molecule has 9 heteroatoms. The Balaban J connectivity index is 1.70. The van der Waals surface area contributed by atoms with E-state index in [4.69, 9.17) is 32.7 Å². The number of carbonyl (C=O) groups is 1. The van der Waals surface area contributed by atoms with Crippen molar-refractivity contribution in [2.24, 2.45) is 0 Å². The van der Waals surface area contributed by atoms with Crippen molar-refractivity contribution in [3.63, 3.8) is 0 Å². The van der Waals surface area contributed by atoms with Crippen LogP contribution in [0, 0.1) is 0 Å². The van der Waals surface area contributed by atoms with Gasteiger partial charge < -0.3 is 14.8 Å². The molecule has 2 aliphatic heterocycles. The van der Waals surface area contributed by atoms with Gasteiger partial charge in [-0.25, -0.2) is 9.48 Å². The quantitative estimate of drug-likeness (QED) is 0.778. The van der Waals surface area contributed by atoms with Crippen molar-refractivity contribution in [1.29, 1.82) is 0 Å². The lowest BCUT2D eigenvalue weighted by Gasteiger charge is -2.29. The van der Waals surface area contributed by atoms with Crippen LogP contribution in [0.3, 0.4) is 0 Å². The Morgan fingerprint density at radius 2 is 2.30 bits per heavy atom. The number of esters is 1. The monoisotopic (exact) mass is 408 g/mol. The number of anilines is 1. The molecule has 1 aromatic carbocycles. The second-order valence-corrected chi connectivity index (χ2v) is 7.26. The highest BCUT2D eigenvalue weighted by Crippen LogP contribution is 2.40. The van der Waals surface area contributed by atoms with Gasteiger partial charge in [0.2, 0.25) is 5.95 Å². The van der Waals surface area contributed by atoms with E-state index in [1.54, 1.807) is 23.7 Å². The van der Waals surface area contributed by atoms with Gasteiger partial charge in [0.15, 0.2) is 0 Å². The zero-order chi connectivity index (χ0) is 19.0. The van der Waals surface area contributed by atoms with Crippen LogP contribution in [0.4, 0.5) is 5.95 Å². The van der Waals surface area contributed by atoms with Gasteiger partial charge in [0, 0.05) is 17.9 Å². The summed E-state index contributed by atoms with van der Waals surface area (Å²) in [5, 5.41) is 8.13. The van der Waals surface area contributed by atoms with E-state index in [9.17, 15) is 4.79 Å². The number of benzene rings is 1. The summed E-state index contributed by atoms with van der Waals surface area (Å²) in [5.74, 6) is 0.0712. The third-order valence-corrected chi connectivity index (χ3v) is 5.55. The number of allylic oxidation sites excluding steroid dienone is 1. The van der Waals surface area contributed by atoms with E-state index >= 15 is 0 Å². The van der Waals surface area contributed by atoms with Gasteiger partial charge >= 0.3 is 5.97 Å². The Bertz CT molecular complexity index is 906. The number of nitrogens with one attached hydrogen (secondary N) is 1. The normalized spacial score (nSPS) is 21.7. The molecule has 0 spiro atoms. The topological polar surface area (TPSA) is 78.3 Å². The fraction of sp³-hybridized carbons (Fsp3) is 0.389. The summed E-state index contributed by atoms with van der Waals surface area (Å²) in [6.45, 7) is 2.72. The molecule has 1 saturated heterocycles. The number of fused-ring (bicyclic) bond motifs is 1. The van der Waals surface area contributed by atoms with Crippen LogP contribution in [0.25, 0.3) is 0 Å². The van der Waals surface area contributed by atoms with Gasteiger partial charge in [0.25, 0.3) is 0 Å². The summed E-state index contributed by atoms with van der Waals surface area (Å²) in [5.41, 5.74) is 1.70. The molecule has 27 heavy (non-hydrogen) atoms. The molecule has 1 aromatic heterocycles. The van der Waals surface area contributed by atoms with Gasteiger partial charge in [0.05, 0.1) is 21.7 Å². The number of hydrogen-bond acceptors (Lipinski definition) is 6. The molecule has 2 atom stereocenters. The predicted molar refractivity (Wildman–Crippen MR) is 101 cm³/mol. The number of hydrogen-bond donors (Lipinski definition) is 1. The van der Waals surface area contributed by atoms with Crippen molar-refractivity contribution in [2.45, 2.75) is 31.9 Å². The first kappa shape index (κ1) is 18.3. The highest BCUT2D eigenvalue weighted by atomic mass is 35.5. The van der Waals surface area contributed by atoms with Crippen molar-refractivity contribution in [1.82, 2.24) is 14.8 Å². The second kappa shape index (κ2) is 7.50. The van der Waals surface area contributed by atoms with E-state index in [-0.39, 0.29) is 12.7 Å². The molecule has 3 heterocycles. The largest absolute Gasteiger partial charge is 0.459 e. The van der Waals surface area contributed by atoms with E-state index < -0.39 is 12.0 Å². The van der Waals surface area contributed by atoms with E-state index in [2.05, 4.69) is 15.4 Å². The standard InChI is InChI=1S/C18H18Cl2N4O3/c1-10-14(17(25)27-8-11-4-3-7-26-11)16(24-18(23-10)21-9-22-24)12-5-2-6-13(19)15(12)20/h2,5-6,9,11,16H,3-4,7-8H2,1H3,(H,21,22,23)/t11-,16+/m1/s1. The summed E-state index contributed by atoms with van der Waals surface area (Å²) < 4.78 is 12.7. The van der Waals surface area contributed by atoms with Crippen molar-refractivity contribution in [3.8, 4) is 0 Å². The highest BCUT2D eigenvalue weighted by molar-refractivity contribution is 6.42. The van der Waals surface area contributed by atoms with Crippen LogP contribution in [-0.2, 0) is 14.3 Å². The molecule has 0 bridgehead atoms. The molecule has 7 nitrogen and oxygen atoms in total. The molecule has 2 aliphatic rings.